The van der Waals surface area contributed by atoms with Crippen molar-refractivity contribution in [2.75, 3.05) is 0 Å². The number of aromatic nitrogens is 3. The molecule has 0 radical (unpaired) electrons. The van der Waals surface area contributed by atoms with Crippen LogP contribution >= 0.6 is 46.9 Å². The average Bonchev–Trinajstić information content (AvgIpc) is 2.98. The smallest absolute Gasteiger partial charge is 0.271 e. The second-order valence-electron chi connectivity index (χ2n) is 5.98. The molecule has 0 amide bonds. The summed E-state index contributed by atoms with van der Waals surface area (Å²) in [5, 5.41) is 1.25. The van der Waals surface area contributed by atoms with Gasteiger partial charge in [0.15, 0.2) is 14.8 Å². The monoisotopic (exact) mass is 431 g/mol. The molecule has 2 aromatic heterocycles. The Hall–Kier alpha value is -1.93. The van der Waals surface area contributed by atoms with Crippen LogP contribution in [-0.4, -0.2) is 14.5 Å². The molecule has 0 aliphatic heterocycles. The fourth-order valence-electron chi connectivity index (χ4n) is 2.66. The number of thioether (sulfide) groups is 1. The molecule has 0 fully saturated rings. The molecular weight excluding hydrogens is 418 g/mol. The van der Waals surface area contributed by atoms with Crippen LogP contribution in [0.3, 0.4) is 0 Å². The largest absolute Gasteiger partial charge is 0.300 e. The fraction of sp³-hybridized carbons (Fsp3) is 0.105. The number of aromatic amines is 1. The highest BCUT2D eigenvalue weighted by Gasteiger charge is 2.14. The summed E-state index contributed by atoms with van der Waals surface area (Å²) in [5.74, 6) is 0.657. The Labute approximate surface area is 173 Å². The Kier molecular flexibility index (Phi) is 5.19. The molecule has 2 aromatic carbocycles. The molecule has 0 bridgehead atoms. The zero-order chi connectivity index (χ0) is 19.0. The van der Waals surface area contributed by atoms with Gasteiger partial charge in [-0.15, -0.1) is 0 Å². The van der Waals surface area contributed by atoms with Gasteiger partial charge in [-0.3, -0.25) is 9.36 Å². The van der Waals surface area contributed by atoms with E-state index in [4.69, 9.17) is 23.8 Å². The summed E-state index contributed by atoms with van der Waals surface area (Å²) in [6, 6.07) is 15.6. The number of nitrogens with one attached hydrogen (secondary N) is 1. The predicted octanol–water partition coefficient (Wildman–Crippen LogP) is 5.76. The second-order valence-corrected chi connectivity index (χ2v) is 9.03. The molecule has 27 heavy (non-hydrogen) atoms. The molecule has 1 N–H and O–H groups in total. The van der Waals surface area contributed by atoms with E-state index in [9.17, 15) is 4.79 Å². The van der Waals surface area contributed by atoms with Gasteiger partial charge in [-0.05, 0) is 49.0 Å². The number of hydrogen-bond acceptors (Lipinski definition) is 5. The Morgan fingerprint density at radius 3 is 2.78 bits per heavy atom. The van der Waals surface area contributed by atoms with Gasteiger partial charge in [0, 0.05) is 16.5 Å². The van der Waals surface area contributed by atoms with Gasteiger partial charge in [0.25, 0.3) is 5.56 Å². The van der Waals surface area contributed by atoms with E-state index < -0.39 is 0 Å². The zero-order valence-corrected chi connectivity index (χ0v) is 17.4. The third-order valence-electron chi connectivity index (χ3n) is 3.98. The van der Waals surface area contributed by atoms with Gasteiger partial charge in [0.05, 0.1) is 0 Å². The summed E-state index contributed by atoms with van der Waals surface area (Å²) >= 11 is 14.3. The third kappa shape index (κ3) is 3.87. The standard InChI is InChI=1S/C19H14ClN3OS3/c1-11-5-7-14(8-6-11)23-16-15(27-19(23)25)17(24)22-18(21-16)26-10-12-3-2-4-13(20)9-12/h2-9H,10H2,1H3,(H,21,22,24). The number of aryl methyl sites for hydroxylation is 1. The number of halogens is 1. The molecule has 4 rings (SSSR count). The number of rotatable bonds is 4. The Bertz CT molecular complexity index is 1240. The molecule has 0 saturated heterocycles. The van der Waals surface area contributed by atoms with Gasteiger partial charge >= 0.3 is 0 Å². The van der Waals surface area contributed by atoms with Gasteiger partial charge in [0.2, 0.25) is 0 Å². The van der Waals surface area contributed by atoms with Crippen molar-refractivity contribution in [2.24, 2.45) is 0 Å². The normalized spacial score (nSPS) is 11.2. The number of benzene rings is 2. The van der Waals surface area contributed by atoms with Crippen LogP contribution in [0.5, 0.6) is 0 Å². The first kappa shape index (κ1) is 18.4. The van der Waals surface area contributed by atoms with Gasteiger partial charge in [-0.2, -0.15) is 0 Å². The topological polar surface area (TPSA) is 50.7 Å². The van der Waals surface area contributed by atoms with E-state index in [0.29, 0.717) is 30.2 Å². The number of nitrogens with zero attached hydrogens (tertiary/aromatic N) is 2. The number of thiazole rings is 1. The van der Waals surface area contributed by atoms with Crippen molar-refractivity contribution in [3.05, 3.63) is 79.0 Å². The minimum Gasteiger partial charge on any atom is -0.300 e. The molecule has 0 atom stereocenters. The van der Waals surface area contributed by atoms with Crippen molar-refractivity contribution in [3.63, 3.8) is 0 Å². The number of fused-ring (bicyclic) bond motifs is 1. The molecular formula is C19H14ClN3OS3. The van der Waals surface area contributed by atoms with E-state index in [0.717, 1.165) is 16.8 Å². The molecule has 4 nitrogen and oxygen atoms in total. The molecule has 0 unspecified atom stereocenters. The van der Waals surface area contributed by atoms with Gasteiger partial charge in [0.1, 0.15) is 4.70 Å². The average molecular weight is 432 g/mol. The lowest BCUT2D eigenvalue weighted by atomic mass is 10.2. The molecule has 0 aliphatic carbocycles. The molecule has 0 saturated carbocycles. The minimum atomic E-state index is -0.171. The van der Waals surface area contributed by atoms with E-state index in [1.165, 1.54) is 23.1 Å². The highest BCUT2D eigenvalue weighted by Crippen LogP contribution is 2.26. The van der Waals surface area contributed by atoms with Crippen molar-refractivity contribution in [1.82, 2.24) is 14.5 Å². The maximum Gasteiger partial charge on any atom is 0.271 e. The Balaban J connectivity index is 1.75. The summed E-state index contributed by atoms with van der Waals surface area (Å²) in [6.45, 7) is 2.03. The summed E-state index contributed by atoms with van der Waals surface area (Å²) in [6.07, 6.45) is 0. The molecule has 8 heteroatoms. The van der Waals surface area contributed by atoms with Crippen molar-refractivity contribution in [1.29, 1.82) is 0 Å². The van der Waals surface area contributed by atoms with Gasteiger partial charge < -0.3 is 4.98 Å². The predicted molar refractivity (Wildman–Crippen MR) is 116 cm³/mol. The summed E-state index contributed by atoms with van der Waals surface area (Å²) in [5.41, 5.74) is 3.55. The van der Waals surface area contributed by atoms with E-state index in [1.54, 1.807) is 0 Å². The van der Waals surface area contributed by atoms with Crippen LogP contribution in [0.2, 0.25) is 5.02 Å². The third-order valence-corrected chi connectivity index (χ3v) is 6.52. The molecule has 2 heterocycles. The lowest BCUT2D eigenvalue weighted by molar-refractivity contribution is 0.943. The minimum absolute atomic E-state index is 0.171. The Morgan fingerprint density at radius 1 is 1.26 bits per heavy atom. The number of hydrogen-bond donors (Lipinski definition) is 1. The zero-order valence-electron chi connectivity index (χ0n) is 14.2. The molecule has 0 spiro atoms. The highest BCUT2D eigenvalue weighted by molar-refractivity contribution is 7.98. The SMILES string of the molecule is Cc1ccc(-n2c(=S)sc3c(=O)[nH]c(SCc4cccc(Cl)c4)nc32)cc1. The molecule has 4 aromatic rings. The first-order valence-corrected chi connectivity index (χ1v) is 10.7. The van der Waals surface area contributed by atoms with Crippen LogP contribution in [-0.2, 0) is 5.75 Å². The summed E-state index contributed by atoms with van der Waals surface area (Å²) in [4.78, 5) is 20.1. The lowest BCUT2D eigenvalue weighted by Crippen LogP contribution is -2.09. The first-order valence-electron chi connectivity index (χ1n) is 8.11. The van der Waals surface area contributed by atoms with Crippen LogP contribution in [0.25, 0.3) is 16.0 Å². The summed E-state index contributed by atoms with van der Waals surface area (Å²) in [7, 11) is 0. The van der Waals surface area contributed by atoms with E-state index in [-0.39, 0.29) is 5.56 Å². The summed E-state index contributed by atoms with van der Waals surface area (Å²) < 4.78 is 2.99. The quantitative estimate of drug-likeness (QED) is 0.253. The van der Waals surface area contributed by atoms with Crippen LogP contribution in [0, 0.1) is 10.9 Å². The van der Waals surface area contributed by atoms with Crippen molar-refractivity contribution in [3.8, 4) is 5.69 Å². The molecule has 0 aliphatic rings. The second kappa shape index (κ2) is 7.59. The van der Waals surface area contributed by atoms with Crippen LogP contribution < -0.4 is 5.56 Å². The van der Waals surface area contributed by atoms with E-state index in [1.807, 2.05) is 60.0 Å². The maximum absolute atomic E-state index is 12.5. The van der Waals surface area contributed by atoms with Crippen molar-refractivity contribution in [2.45, 2.75) is 17.8 Å². The van der Waals surface area contributed by atoms with Crippen LogP contribution in [0.15, 0.2) is 58.5 Å². The van der Waals surface area contributed by atoms with Crippen molar-refractivity contribution >= 4 is 57.3 Å². The highest BCUT2D eigenvalue weighted by atomic mass is 35.5. The fourth-order valence-corrected chi connectivity index (χ4v) is 4.94. The number of H-pyrrole nitrogens is 1. The maximum atomic E-state index is 12.5. The first-order chi connectivity index (χ1) is 13.0. The Morgan fingerprint density at radius 2 is 2.04 bits per heavy atom. The van der Waals surface area contributed by atoms with E-state index in [2.05, 4.69) is 9.97 Å². The molecule has 136 valence electrons. The van der Waals surface area contributed by atoms with Crippen molar-refractivity contribution < 1.29 is 0 Å². The lowest BCUT2D eigenvalue weighted by Gasteiger charge is -2.06. The van der Waals surface area contributed by atoms with Gasteiger partial charge in [-0.1, -0.05) is 64.5 Å². The van der Waals surface area contributed by atoms with Crippen LogP contribution in [0.4, 0.5) is 0 Å². The van der Waals surface area contributed by atoms with Gasteiger partial charge in [-0.25, -0.2) is 4.98 Å². The van der Waals surface area contributed by atoms with Crippen LogP contribution in [0.1, 0.15) is 11.1 Å². The van der Waals surface area contributed by atoms with E-state index >= 15 is 0 Å².